The Labute approximate surface area is 101 Å². The Kier molecular flexibility index (Phi) is 4.14. The Morgan fingerprint density at radius 2 is 1.33 bits per heavy atom. The molecule has 0 amide bonds. The van der Waals surface area contributed by atoms with Crippen LogP contribution in [0.4, 0.5) is 0 Å². The molecule has 1 aliphatic rings. The summed E-state index contributed by atoms with van der Waals surface area (Å²) in [6.07, 6.45) is 6.70. The second-order valence-corrected chi connectivity index (χ2v) is 7.43. The van der Waals surface area contributed by atoms with Crippen LogP contribution >= 0.6 is 11.6 Å². The molecule has 15 heavy (non-hydrogen) atoms. The maximum absolute atomic E-state index is 6.41. The first-order chi connectivity index (χ1) is 6.77. The van der Waals surface area contributed by atoms with Crippen molar-refractivity contribution in [1.29, 1.82) is 0 Å². The Morgan fingerprint density at radius 3 is 1.67 bits per heavy atom. The molecule has 0 radical (unpaired) electrons. The van der Waals surface area contributed by atoms with Gasteiger partial charge in [-0.1, -0.05) is 27.2 Å². The van der Waals surface area contributed by atoms with Crippen molar-refractivity contribution in [2.45, 2.75) is 71.6 Å². The van der Waals surface area contributed by atoms with Crippen molar-refractivity contribution in [3.8, 4) is 0 Å². The van der Waals surface area contributed by atoms with Crippen LogP contribution in [-0.4, -0.2) is 4.87 Å². The van der Waals surface area contributed by atoms with Gasteiger partial charge in [-0.25, -0.2) is 0 Å². The monoisotopic (exact) mass is 230 g/mol. The van der Waals surface area contributed by atoms with Gasteiger partial charge in [0.15, 0.2) is 0 Å². The highest BCUT2D eigenvalue weighted by Gasteiger charge is 2.36. The van der Waals surface area contributed by atoms with Gasteiger partial charge in [-0.2, -0.15) is 0 Å². The molecule has 0 heterocycles. The molecular weight excluding hydrogens is 204 g/mol. The lowest BCUT2D eigenvalue weighted by Gasteiger charge is -2.41. The molecule has 0 bridgehead atoms. The summed E-state index contributed by atoms with van der Waals surface area (Å²) >= 11 is 6.41. The van der Waals surface area contributed by atoms with Crippen molar-refractivity contribution in [2.24, 2.45) is 17.3 Å². The summed E-state index contributed by atoms with van der Waals surface area (Å²) in [6, 6.07) is 0. The molecule has 90 valence electrons. The van der Waals surface area contributed by atoms with E-state index in [0.29, 0.717) is 5.41 Å². The van der Waals surface area contributed by atoms with Gasteiger partial charge in [0, 0.05) is 4.87 Å². The van der Waals surface area contributed by atoms with Gasteiger partial charge in [-0.3, -0.25) is 0 Å². The van der Waals surface area contributed by atoms with Gasteiger partial charge in [0.25, 0.3) is 0 Å². The van der Waals surface area contributed by atoms with Gasteiger partial charge in [0.05, 0.1) is 0 Å². The van der Waals surface area contributed by atoms with Crippen LogP contribution in [-0.2, 0) is 0 Å². The maximum Gasteiger partial charge on any atom is 0.0418 e. The van der Waals surface area contributed by atoms with Crippen molar-refractivity contribution in [3.05, 3.63) is 0 Å². The molecule has 1 rings (SSSR count). The summed E-state index contributed by atoms with van der Waals surface area (Å²) < 4.78 is 0. The molecular formula is C14H27Cl. The van der Waals surface area contributed by atoms with Gasteiger partial charge in [-0.15, -0.1) is 11.6 Å². The molecule has 1 aliphatic carbocycles. The maximum atomic E-state index is 6.41. The third-order valence-electron chi connectivity index (χ3n) is 4.71. The van der Waals surface area contributed by atoms with Crippen LogP contribution in [0.3, 0.4) is 0 Å². The molecule has 0 N–H and O–H groups in total. The lowest BCUT2D eigenvalue weighted by Crippen LogP contribution is -2.33. The third kappa shape index (κ3) is 3.37. The Morgan fingerprint density at radius 1 is 0.933 bits per heavy atom. The van der Waals surface area contributed by atoms with Crippen LogP contribution in [0.1, 0.15) is 66.7 Å². The van der Waals surface area contributed by atoms with E-state index in [1.165, 1.54) is 32.1 Å². The standard InChI is InChI=1S/C14H27Cl/c1-6-13(2,3)11-7-9-12(10-8-11)14(4,5)15/h11-12H,6-10H2,1-5H3. The summed E-state index contributed by atoms with van der Waals surface area (Å²) in [5.41, 5.74) is 0.529. The van der Waals surface area contributed by atoms with Crippen molar-refractivity contribution < 1.29 is 0 Å². The van der Waals surface area contributed by atoms with E-state index in [2.05, 4.69) is 34.6 Å². The van der Waals surface area contributed by atoms with Gasteiger partial charge < -0.3 is 0 Å². The number of halogens is 1. The van der Waals surface area contributed by atoms with E-state index in [1.807, 2.05) is 0 Å². The van der Waals surface area contributed by atoms with E-state index in [-0.39, 0.29) is 4.87 Å². The summed E-state index contributed by atoms with van der Waals surface area (Å²) in [5, 5.41) is 0. The fourth-order valence-corrected chi connectivity index (χ4v) is 3.07. The summed E-state index contributed by atoms with van der Waals surface area (Å²) in [4.78, 5) is 0.00132. The molecule has 1 saturated carbocycles. The van der Waals surface area contributed by atoms with Crippen molar-refractivity contribution in [1.82, 2.24) is 0 Å². The van der Waals surface area contributed by atoms with E-state index < -0.39 is 0 Å². The van der Waals surface area contributed by atoms with Gasteiger partial charge >= 0.3 is 0 Å². The second-order valence-electron chi connectivity index (χ2n) is 6.46. The van der Waals surface area contributed by atoms with E-state index >= 15 is 0 Å². The SMILES string of the molecule is CCC(C)(C)C1CCC(C(C)(C)Cl)CC1. The molecule has 0 aromatic carbocycles. The summed E-state index contributed by atoms with van der Waals surface area (Å²) in [6.45, 7) is 11.5. The van der Waals surface area contributed by atoms with E-state index in [0.717, 1.165) is 11.8 Å². The lowest BCUT2D eigenvalue weighted by atomic mass is 9.66. The van der Waals surface area contributed by atoms with Crippen molar-refractivity contribution in [3.63, 3.8) is 0 Å². The van der Waals surface area contributed by atoms with Crippen molar-refractivity contribution in [2.75, 3.05) is 0 Å². The first kappa shape index (κ1) is 13.4. The van der Waals surface area contributed by atoms with Gasteiger partial charge in [0.1, 0.15) is 0 Å². The smallest absolute Gasteiger partial charge is 0.0418 e. The van der Waals surface area contributed by atoms with Gasteiger partial charge in [-0.05, 0) is 56.8 Å². The number of hydrogen-bond acceptors (Lipinski definition) is 0. The van der Waals surface area contributed by atoms with Gasteiger partial charge in [0.2, 0.25) is 0 Å². The quantitative estimate of drug-likeness (QED) is 0.582. The average molecular weight is 231 g/mol. The van der Waals surface area contributed by atoms with Crippen LogP contribution in [0.25, 0.3) is 0 Å². The summed E-state index contributed by atoms with van der Waals surface area (Å²) in [7, 11) is 0. The lowest BCUT2D eigenvalue weighted by molar-refractivity contribution is 0.118. The van der Waals surface area contributed by atoms with E-state index in [1.54, 1.807) is 0 Å². The van der Waals surface area contributed by atoms with E-state index in [9.17, 15) is 0 Å². The largest absolute Gasteiger partial charge is 0.120 e. The molecule has 0 aromatic heterocycles. The molecule has 0 saturated heterocycles. The minimum Gasteiger partial charge on any atom is -0.120 e. The zero-order chi connectivity index (χ0) is 11.7. The Bertz CT molecular complexity index is 192. The highest BCUT2D eigenvalue weighted by Crippen LogP contribution is 2.45. The van der Waals surface area contributed by atoms with Crippen LogP contribution in [0.15, 0.2) is 0 Å². The fraction of sp³-hybridized carbons (Fsp3) is 1.00. The first-order valence-electron chi connectivity index (χ1n) is 6.46. The molecule has 1 heteroatoms. The third-order valence-corrected chi connectivity index (χ3v) is 5.02. The Hall–Kier alpha value is 0.290. The molecule has 1 fully saturated rings. The first-order valence-corrected chi connectivity index (χ1v) is 6.84. The predicted octanol–water partition coefficient (Wildman–Crippen LogP) is 5.25. The fourth-order valence-electron chi connectivity index (χ4n) is 2.85. The van der Waals surface area contributed by atoms with Crippen molar-refractivity contribution >= 4 is 11.6 Å². The van der Waals surface area contributed by atoms with Crippen LogP contribution in [0.2, 0.25) is 0 Å². The van der Waals surface area contributed by atoms with Crippen LogP contribution < -0.4 is 0 Å². The molecule has 0 aromatic rings. The average Bonchev–Trinajstić information content (AvgIpc) is 2.17. The highest BCUT2D eigenvalue weighted by molar-refractivity contribution is 6.23. The molecule has 0 atom stereocenters. The highest BCUT2D eigenvalue weighted by atomic mass is 35.5. The Balaban J connectivity index is 2.50. The predicted molar refractivity (Wildman–Crippen MR) is 69.5 cm³/mol. The molecule has 0 spiro atoms. The second kappa shape index (κ2) is 4.65. The number of alkyl halides is 1. The molecule has 0 unspecified atom stereocenters. The summed E-state index contributed by atoms with van der Waals surface area (Å²) in [5.74, 6) is 1.64. The minimum absolute atomic E-state index is 0.00132. The van der Waals surface area contributed by atoms with Crippen LogP contribution in [0, 0.1) is 17.3 Å². The topological polar surface area (TPSA) is 0 Å². The molecule has 0 aliphatic heterocycles. The molecule has 0 nitrogen and oxygen atoms in total. The van der Waals surface area contributed by atoms with Crippen LogP contribution in [0.5, 0.6) is 0 Å². The number of rotatable bonds is 3. The zero-order valence-electron chi connectivity index (χ0n) is 11.1. The number of hydrogen-bond donors (Lipinski definition) is 0. The normalized spacial score (nSPS) is 29.2. The van der Waals surface area contributed by atoms with E-state index in [4.69, 9.17) is 11.6 Å². The zero-order valence-corrected chi connectivity index (χ0v) is 11.8. The minimum atomic E-state index is 0.00132.